The lowest BCUT2D eigenvalue weighted by Gasteiger charge is -2.23. The first-order valence-electron chi connectivity index (χ1n) is 7.82. The molecule has 3 N–H and O–H groups in total. The summed E-state index contributed by atoms with van der Waals surface area (Å²) in [7, 11) is 0. The molecule has 1 saturated heterocycles. The third-order valence-electron chi connectivity index (χ3n) is 4.62. The number of primary amides is 1. The topological polar surface area (TPSA) is 84.1 Å². The lowest BCUT2D eigenvalue weighted by atomic mass is 10.1. The molecule has 2 aliphatic rings. The minimum absolute atomic E-state index is 0.207. The fourth-order valence-electron chi connectivity index (χ4n) is 3.45. The number of nitrogens with one attached hydrogen (secondary N) is 1. The second-order valence-corrected chi connectivity index (χ2v) is 6.12. The maximum Gasteiger partial charge on any atom is 0.268 e. The van der Waals surface area contributed by atoms with E-state index in [9.17, 15) is 4.79 Å². The molecule has 6 heteroatoms. The van der Waals surface area contributed by atoms with Gasteiger partial charge in [-0.25, -0.2) is 4.98 Å². The highest BCUT2D eigenvalue weighted by Crippen LogP contribution is 2.28. The van der Waals surface area contributed by atoms with Crippen molar-refractivity contribution in [1.29, 1.82) is 0 Å². The van der Waals surface area contributed by atoms with Gasteiger partial charge in [0.15, 0.2) is 0 Å². The summed E-state index contributed by atoms with van der Waals surface area (Å²) < 4.78 is 0. The highest BCUT2D eigenvalue weighted by molar-refractivity contribution is 5.90. The molecule has 2 fully saturated rings. The average Bonchev–Trinajstić information content (AvgIpc) is 3.16. The Labute approximate surface area is 125 Å². The minimum Gasteiger partial charge on any atom is -0.368 e. The van der Waals surface area contributed by atoms with Gasteiger partial charge in [-0.15, -0.1) is 0 Å². The summed E-state index contributed by atoms with van der Waals surface area (Å²) in [5, 5.41) is 3.28. The normalized spacial score (nSPS) is 23.5. The van der Waals surface area contributed by atoms with Crippen LogP contribution in [0.5, 0.6) is 0 Å². The van der Waals surface area contributed by atoms with Crippen LogP contribution in [0.25, 0.3) is 0 Å². The van der Waals surface area contributed by atoms with Gasteiger partial charge in [0, 0.05) is 19.1 Å². The Balaban J connectivity index is 1.49. The van der Waals surface area contributed by atoms with E-state index in [1.54, 1.807) is 6.20 Å². The second-order valence-electron chi connectivity index (χ2n) is 6.12. The van der Waals surface area contributed by atoms with E-state index in [0.717, 1.165) is 12.6 Å². The van der Waals surface area contributed by atoms with E-state index in [2.05, 4.69) is 20.2 Å². The van der Waals surface area contributed by atoms with Crippen molar-refractivity contribution in [2.24, 2.45) is 11.7 Å². The van der Waals surface area contributed by atoms with Gasteiger partial charge in [-0.1, -0.05) is 12.8 Å². The van der Waals surface area contributed by atoms with Gasteiger partial charge in [0.1, 0.15) is 11.5 Å². The fraction of sp³-hybridized carbons (Fsp3) is 0.667. The van der Waals surface area contributed by atoms with Crippen molar-refractivity contribution >= 4 is 11.7 Å². The average molecular weight is 289 g/mol. The predicted octanol–water partition coefficient (Wildman–Crippen LogP) is 1.25. The van der Waals surface area contributed by atoms with Crippen LogP contribution < -0.4 is 11.1 Å². The van der Waals surface area contributed by atoms with E-state index in [1.165, 1.54) is 51.4 Å². The van der Waals surface area contributed by atoms with Crippen molar-refractivity contribution in [1.82, 2.24) is 14.9 Å². The maximum atomic E-state index is 11.1. The first-order valence-corrected chi connectivity index (χ1v) is 7.82. The van der Waals surface area contributed by atoms with Gasteiger partial charge in [0.2, 0.25) is 0 Å². The molecule has 21 heavy (non-hydrogen) atoms. The van der Waals surface area contributed by atoms with Crippen molar-refractivity contribution in [3.8, 4) is 0 Å². The molecule has 1 atom stereocenters. The first-order chi connectivity index (χ1) is 10.2. The standard InChI is InChI=1S/C15H23N5O/c16-15(21)13-8-17-9-14(19-13)18-7-11-5-6-20(10-11)12-3-1-2-4-12/h8-9,11-12H,1-7,10H2,(H2,16,21)(H,18,19). The highest BCUT2D eigenvalue weighted by Gasteiger charge is 2.29. The van der Waals surface area contributed by atoms with Gasteiger partial charge < -0.3 is 16.0 Å². The Kier molecular flexibility index (Phi) is 4.34. The Morgan fingerprint density at radius 1 is 1.33 bits per heavy atom. The molecule has 2 heterocycles. The summed E-state index contributed by atoms with van der Waals surface area (Å²) in [6.45, 7) is 3.25. The molecule has 1 saturated carbocycles. The molecule has 6 nitrogen and oxygen atoms in total. The van der Waals surface area contributed by atoms with Crippen molar-refractivity contribution in [3.63, 3.8) is 0 Å². The van der Waals surface area contributed by atoms with Gasteiger partial charge in [0.05, 0.1) is 12.4 Å². The number of carbonyl (C=O) groups excluding carboxylic acids is 1. The number of anilines is 1. The number of carbonyl (C=O) groups is 1. The summed E-state index contributed by atoms with van der Waals surface area (Å²) in [5.41, 5.74) is 5.42. The number of aromatic nitrogens is 2. The van der Waals surface area contributed by atoms with Gasteiger partial charge in [0.25, 0.3) is 5.91 Å². The highest BCUT2D eigenvalue weighted by atomic mass is 16.1. The number of rotatable bonds is 5. The summed E-state index contributed by atoms with van der Waals surface area (Å²) in [6, 6.07) is 0.813. The van der Waals surface area contributed by atoms with Gasteiger partial charge in [-0.2, -0.15) is 0 Å². The number of hydrogen-bond donors (Lipinski definition) is 2. The van der Waals surface area contributed by atoms with Crippen LogP contribution in [0.4, 0.5) is 5.82 Å². The predicted molar refractivity (Wildman–Crippen MR) is 81.0 cm³/mol. The van der Waals surface area contributed by atoms with E-state index < -0.39 is 5.91 Å². The van der Waals surface area contributed by atoms with Gasteiger partial charge >= 0.3 is 0 Å². The maximum absolute atomic E-state index is 11.1. The summed E-state index contributed by atoms with van der Waals surface area (Å²) in [4.78, 5) is 21.9. The number of amides is 1. The second kappa shape index (κ2) is 6.39. The number of nitrogens with zero attached hydrogens (tertiary/aromatic N) is 3. The molecule has 1 aliphatic carbocycles. The van der Waals surface area contributed by atoms with E-state index >= 15 is 0 Å². The quantitative estimate of drug-likeness (QED) is 0.852. The van der Waals surface area contributed by atoms with Crippen molar-refractivity contribution < 1.29 is 4.79 Å². The van der Waals surface area contributed by atoms with Crippen molar-refractivity contribution in [3.05, 3.63) is 18.1 Å². The Morgan fingerprint density at radius 3 is 2.90 bits per heavy atom. The zero-order chi connectivity index (χ0) is 14.7. The smallest absolute Gasteiger partial charge is 0.268 e. The minimum atomic E-state index is -0.542. The van der Waals surface area contributed by atoms with Gasteiger partial charge in [-0.05, 0) is 31.7 Å². The molecule has 0 bridgehead atoms. The van der Waals surface area contributed by atoms with Crippen LogP contribution >= 0.6 is 0 Å². The first kappa shape index (κ1) is 14.3. The molecular weight excluding hydrogens is 266 g/mol. The molecule has 3 rings (SSSR count). The third kappa shape index (κ3) is 3.50. The summed E-state index contributed by atoms with van der Waals surface area (Å²) in [6.07, 6.45) is 9.77. The van der Waals surface area contributed by atoms with E-state index in [-0.39, 0.29) is 5.69 Å². The molecule has 1 unspecified atom stereocenters. The Hall–Kier alpha value is -1.69. The molecule has 0 aromatic carbocycles. The number of nitrogens with two attached hydrogens (primary N) is 1. The van der Waals surface area contributed by atoms with Crippen LogP contribution in [0, 0.1) is 5.92 Å². The molecule has 1 aromatic rings. The van der Waals surface area contributed by atoms with Crippen LogP contribution in [0.1, 0.15) is 42.6 Å². The van der Waals surface area contributed by atoms with Crippen molar-refractivity contribution in [2.75, 3.05) is 25.0 Å². The van der Waals surface area contributed by atoms with Crippen LogP contribution in [0.3, 0.4) is 0 Å². The zero-order valence-corrected chi connectivity index (χ0v) is 12.3. The van der Waals surface area contributed by atoms with Crippen LogP contribution in [0.2, 0.25) is 0 Å². The molecule has 0 spiro atoms. The van der Waals surface area contributed by atoms with Crippen LogP contribution in [0.15, 0.2) is 12.4 Å². The molecule has 1 aromatic heterocycles. The lowest BCUT2D eigenvalue weighted by molar-refractivity contribution is 0.0995. The Bertz CT molecular complexity index is 501. The summed E-state index contributed by atoms with van der Waals surface area (Å²) >= 11 is 0. The fourth-order valence-corrected chi connectivity index (χ4v) is 3.45. The van der Waals surface area contributed by atoms with Crippen LogP contribution in [-0.2, 0) is 0 Å². The Morgan fingerprint density at radius 2 is 2.14 bits per heavy atom. The van der Waals surface area contributed by atoms with Crippen LogP contribution in [-0.4, -0.2) is 46.5 Å². The molecule has 1 amide bonds. The summed E-state index contributed by atoms with van der Waals surface area (Å²) in [5.74, 6) is 0.731. The lowest BCUT2D eigenvalue weighted by Crippen LogP contribution is -2.31. The van der Waals surface area contributed by atoms with Crippen molar-refractivity contribution in [2.45, 2.75) is 38.1 Å². The molecular formula is C15H23N5O. The van der Waals surface area contributed by atoms with E-state index in [0.29, 0.717) is 11.7 Å². The molecule has 1 aliphatic heterocycles. The number of likely N-dealkylation sites (tertiary alicyclic amines) is 1. The zero-order valence-electron chi connectivity index (χ0n) is 12.3. The van der Waals surface area contributed by atoms with E-state index in [4.69, 9.17) is 5.73 Å². The SMILES string of the molecule is NC(=O)c1cncc(NCC2CCN(C3CCCC3)C2)n1. The molecule has 114 valence electrons. The monoisotopic (exact) mass is 289 g/mol. The molecule has 0 radical (unpaired) electrons. The third-order valence-corrected chi connectivity index (χ3v) is 4.62. The largest absolute Gasteiger partial charge is 0.368 e. The number of hydrogen-bond acceptors (Lipinski definition) is 5. The van der Waals surface area contributed by atoms with Gasteiger partial charge in [-0.3, -0.25) is 9.78 Å². The van der Waals surface area contributed by atoms with E-state index in [1.807, 2.05) is 0 Å².